The largest absolute Gasteiger partial charge is 0.465 e. The highest BCUT2D eigenvalue weighted by Crippen LogP contribution is 2.29. The van der Waals surface area contributed by atoms with Crippen LogP contribution in [0.5, 0.6) is 0 Å². The first-order valence-electron chi connectivity index (χ1n) is 6.98. The monoisotopic (exact) mass is 288 g/mol. The number of carbonyl (C=O) groups excluding carboxylic acids is 2. The highest BCUT2D eigenvalue weighted by Gasteiger charge is 2.46. The predicted octanol–water partition coefficient (Wildman–Crippen LogP) is 1.91. The second-order valence-electron chi connectivity index (χ2n) is 5.21. The zero-order chi connectivity index (χ0) is 15.5. The Balaban J connectivity index is 2.23. The van der Waals surface area contributed by atoms with E-state index >= 15 is 0 Å². The van der Waals surface area contributed by atoms with Crippen molar-refractivity contribution in [2.75, 3.05) is 6.61 Å². The predicted molar refractivity (Wildman–Crippen MR) is 79.4 cm³/mol. The van der Waals surface area contributed by atoms with Crippen LogP contribution in [0, 0.1) is 0 Å². The molecule has 1 N–H and O–H groups in total. The number of nitrogens with zero attached hydrogens (tertiary/aromatic N) is 1. The molecule has 112 valence electrons. The molecule has 1 saturated heterocycles. The van der Waals surface area contributed by atoms with Crippen LogP contribution < -0.4 is 5.43 Å². The lowest BCUT2D eigenvalue weighted by Gasteiger charge is -2.31. The minimum Gasteiger partial charge on any atom is -0.465 e. The van der Waals surface area contributed by atoms with Gasteiger partial charge in [-0.2, -0.15) is 0 Å². The van der Waals surface area contributed by atoms with E-state index in [9.17, 15) is 9.59 Å². The molecule has 1 fully saturated rings. The second kappa shape index (κ2) is 6.10. The van der Waals surface area contributed by atoms with E-state index in [0.29, 0.717) is 18.6 Å². The van der Waals surface area contributed by atoms with Gasteiger partial charge in [-0.05, 0) is 26.0 Å². The summed E-state index contributed by atoms with van der Waals surface area (Å²) < 4.78 is 5.02. The van der Waals surface area contributed by atoms with Crippen LogP contribution in [0.25, 0.3) is 0 Å². The molecule has 1 aliphatic heterocycles. The molecule has 0 aromatic heterocycles. The topological polar surface area (TPSA) is 58.6 Å². The Kier molecular flexibility index (Phi) is 4.43. The molecule has 1 aliphatic rings. The average molecular weight is 288 g/mol. The van der Waals surface area contributed by atoms with Crippen molar-refractivity contribution in [2.45, 2.75) is 31.8 Å². The first-order chi connectivity index (χ1) is 10.0. The van der Waals surface area contributed by atoms with E-state index < -0.39 is 11.6 Å². The molecule has 0 unspecified atom stereocenters. The molecule has 0 saturated carbocycles. The lowest BCUT2D eigenvalue weighted by atomic mass is 9.95. The van der Waals surface area contributed by atoms with E-state index in [1.807, 2.05) is 13.0 Å². The van der Waals surface area contributed by atoms with Gasteiger partial charge < -0.3 is 4.74 Å². The van der Waals surface area contributed by atoms with Crippen LogP contribution in [0.3, 0.4) is 0 Å². The van der Waals surface area contributed by atoms with Crippen molar-refractivity contribution < 1.29 is 14.3 Å². The quantitative estimate of drug-likeness (QED) is 0.679. The molecular formula is C16H20N2O3. The van der Waals surface area contributed by atoms with E-state index in [0.717, 1.165) is 0 Å². The number of nitrogens with one attached hydrogen (secondary N) is 1. The van der Waals surface area contributed by atoms with Gasteiger partial charge in [0.1, 0.15) is 6.04 Å². The molecule has 5 heteroatoms. The number of rotatable bonds is 4. The van der Waals surface area contributed by atoms with E-state index in [1.54, 1.807) is 37.3 Å². The van der Waals surface area contributed by atoms with Crippen molar-refractivity contribution >= 4 is 11.9 Å². The standard InChI is InChI=1S/C16H20N2O3/c1-4-16(3)11-13(15(20)21-5-2)17-18(16)14(19)12-9-7-6-8-10-12/h4,6-10,13,17H,1,5,11H2,2-3H3/t13-,16+/m0/s1. The van der Waals surface area contributed by atoms with Gasteiger partial charge in [-0.1, -0.05) is 24.3 Å². The summed E-state index contributed by atoms with van der Waals surface area (Å²) in [5, 5.41) is 1.47. The number of carbonyl (C=O) groups is 2. The Morgan fingerprint density at radius 3 is 2.71 bits per heavy atom. The van der Waals surface area contributed by atoms with Gasteiger partial charge in [0.15, 0.2) is 0 Å². The molecule has 1 heterocycles. The molecule has 2 atom stereocenters. The molecule has 2 rings (SSSR count). The molecule has 0 radical (unpaired) electrons. The number of benzene rings is 1. The van der Waals surface area contributed by atoms with Gasteiger partial charge in [0.25, 0.3) is 5.91 Å². The van der Waals surface area contributed by atoms with Gasteiger partial charge in [-0.3, -0.25) is 14.6 Å². The lowest BCUT2D eigenvalue weighted by molar-refractivity contribution is -0.145. The zero-order valence-corrected chi connectivity index (χ0v) is 12.3. The fourth-order valence-corrected chi connectivity index (χ4v) is 2.41. The summed E-state index contributed by atoms with van der Waals surface area (Å²) in [6, 6.07) is 8.40. The number of hydrogen-bond acceptors (Lipinski definition) is 4. The number of hydrogen-bond donors (Lipinski definition) is 1. The Labute approximate surface area is 124 Å². The highest BCUT2D eigenvalue weighted by molar-refractivity contribution is 5.95. The van der Waals surface area contributed by atoms with Crippen molar-refractivity contribution in [3.05, 3.63) is 48.6 Å². The summed E-state index contributed by atoms with van der Waals surface area (Å²) >= 11 is 0. The summed E-state index contributed by atoms with van der Waals surface area (Å²) in [6.07, 6.45) is 2.12. The van der Waals surface area contributed by atoms with Gasteiger partial charge in [0, 0.05) is 12.0 Å². The van der Waals surface area contributed by atoms with Crippen molar-refractivity contribution in [2.24, 2.45) is 0 Å². The molecule has 1 aromatic rings. The van der Waals surface area contributed by atoms with Gasteiger partial charge in [-0.15, -0.1) is 6.58 Å². The smallest absolute Gasteiger partial charge is 0.325 e. The van der Waals surface area contributed by atoms with E-state index in [-0.39, 0.29) is 11.9 Å². The maximum absolute atomic E-state index is 12.6. The summed E-state index contributed by atoms with van der Waals surface area (Å²) in [6.45, 7) is 7.73. The fourth-order valence-electron chi connectivity index (χ4n) is 2.41. The lowest BCUT2D eigenvalue weighted by Crippen LogP contribution is -2.50. The minimum atomic E-state index is -0.635. The summed E-state index contributed by atoms with van der Waals surface area (Å²) in [5.41, 5.74) is 2.88. The van der Waals surface area contributed by atoms with Crippen LogP contribution in [-0.4, -0.2) is 35.1 Å². The number of amides is 1. The first kappa shape index (κ1) is 15.3. The van der Waals surface area contributed by atoms with Gasteiger partial charge in [-0.25, -0.2) is 5.43 Å². The van der Waals surface area contributed by atoms with Crippen LogP contribution in [-0.2, 0) is 9.53 Å². The molecule has 0 aliphatic carbocycles. The van der Waals surface area contributed by atoms with Crippen LogP contribution in [0.15, 0.2) is 43.0 Å². The van der Waals surface area contributed by atoms with Gasteiger partial charge in [0.05, 0.1) is 12.1 Å². The molecule has 1 amide bonds. The number of hydrazine groups is 1. The maximum Gasteiger partial charge on any atom is 0.325 e. The molecule has 0 spiro atoms. The van der Waals surface area contributed by atoms with Crippen molar-refractivity contribution in [3.8, 4) is 0 Å². The second-order valence-corrected chi connectivity index (χ2v) is 5.21. The van der Waals surface area contributed by atoms with Crippen LogP contribution in [0.2, 0.25) is 0 Å². The SMILES string of the molecule is C=C[C@]1(C)C[C@@H](C(=O)OCC)NN1C(=O)c1ccccc1. The van der Waals surface area contributed by atoms with Gasteiger partial charge in [0.2, 0.25) is 0 Å². The van der Waals surface area contributed by atoms with E-state index in [4.69, 9.17) is 4.74 Å². The Morgan fingerprint density at radius 2 is 2.14 bits per heavy atom. The molecule has 21 heavy (non-hydrogen) atoms. The third kappa shape index (κ3) is 2.97. The third-order valence-corrected chi connectivity index (χ3v) is 3.65. The zero-order valence-electron chi connectivity index (χ0n) is 12.3. The van der Waals surface area contributed by atoms with Crippen molar-refractivity contribution in [3.63, 3.8) is 0 Å². The Bertz CT molecular complexity index is 544. The third-order valence-electron chi connectivity index (χ3n) is 3.65. The summed E-state index contributed by atoms with van der Waals surface area (Å²) in [5.74, 6) is -0.543. The summed E-state index contributed by atoms with van der Waals surface area (Å²) in [4.78, 5) is 24.5. The summed E-state index contributed by atoms with van der Waals surface area (Å²) in [7, 11) is 0. The van der Waals surface area contributed by atoms with Crippen LogP contribution in [0.1, 0.15) is 30.6 Å². The Hall–Kier alpha value is -2.14. The number of esters is 1. The molecule has 5 nitrogen and oxygen atoms in total. The normalized spacial score (nSPS) is 24.7. The van der Waals surface area contributed by atoms with Gasteiger partial charge >= 0.3 is 5.97 Å². The highest BCUT2D eigenvalue weighted by atomic mass is 16.5. The maximum atomic E-state index is 12.6. The number of ether oxygens (including phenoxy) is 1. The van der Waals surface area contributed by atoms with Crippen LogP contribution in [0.4, 0.5) is 0 Å². The molecule has 0 bridgehead atoms. The van der Waals surface area contributed by atoms with Crippen molar-refractivity contribution in [1.29, 1.82) is 0 Å². The first-order valence-corrected chi connectivity index (χ1v) is 6.98. The minimum absolute atomic E-state index is 0.190. The Morgan fingerprint density at radius 1 is 1.48 bits per heavy atom. The average Bonchev–Trinajstić information content (AvgIpc) is 2.86. The van der Waals surface area contributed by atoms with E-state index in [1.165, 1.54) is 5.01 Å². The molecular weight excluding hydrogens is 268 g/mol. The molecule has 1 aromatic carbocycles. The van der Waals surface area contributed by atoms with Crippen LogP contribution >= 0.6 is 0 Å². The fraction of sp³-hybridized carbons (Fsp3) is 0.375. The van der Waals surface area contributed by atoms with E-state index in [2.05, 4.69) is 12.0 Å². The van der Waals surface area contributed by atoms with Crippen molar-refractivity contribution in [1.82, 2.24) is 10.4 Å².